The molecule has 0 aliphatic heterocycles. The molecule has 1 heterocycles. The number of rotatable bonds is 4. The SMILES string of the molecule is CC1CCC(CCNc2cnc(N)cn2)CC1. The quantitative estimate of drug-likeness (QED) is 0.840. The number of nitrogens with one attached hydrogen (secondary N) is 1. The highest BCUT2D eigenvalue weighted by Crippen LogP contribution is 2.30. The van der Waals surface area contributed by atoms with Gasteiger partial charge in [0.05, 0.1) is 12.4 Å². The Kier molecular flexibility index (Phi) is 4.18. The van der Waals surface area contributed by atoms with Crippen molar-refractivity contribution in [2.45, 2.75) is 39.0 Å². The van der Waals surface area contributed by atoms with E-state index in [1.54, 1.807) is 12.4 Å². The van der Waals surface area contributed by atoms with Crippen molar-refractivity contribution in [2.24, 2.45) is 11.8 Å². The maximum absolute atomic E-state index is 5.48. The minimum absolute atomic E-state index is 0.469. The fraction of sp³-hybridized carbons (Fsp3) is 0.692. The summed E-state index contributed by atoms with van der Waals surface area (Å²) in [6.07, 6.45) is 10.1. The van der Waals surface area contributed by atoms with Crippen molar-refractivity contribution < 1.29 is 0 Å². The molecule has 0 aromatic carbocycles. The van der Waals surface area contributed by atoms with E-state index in [-0.39, 0.29) is 0 Å². The summed E-state index contributed by atoms with van der Waals surface area (Å²) in [5, 5.41) is 3.30. The van der Waals surface area contributed by atoms with Crippen molar-refractivity contribution >= 4 is 11.6 Å². The van der Waals surface area contributed by atoms with Gasteiger partial charge in [-0.1, -0.05) is 32.6 Å². The maximum Gasteiger partial charge on any atom is 0.144 e. The fourth-order valence-corrected chi connectivity index (χ4v) is 2.45. The average molecular weight is 234 g/mol. The van der Waals surface area contributed by atoms with Crippen LogP contribution in [0.5, 0.6) is 0 Å². The van der Waals surface area contributed by atoms with Crippen molar-refractivity contribution in [3.63, 3.8) is 0 Å². The lowest BCUT2D eigenvalue weighted by molar-refractivity contribution is 0.282. The molecule has 1 aliphatic rings. The molecule has 0 saturated heterocycles. The number of nitrogens with two attached hydrogens (primary N) is 1. The Balaban J connectivity index is 1.67. The van der Waals surface area contributed by atoms with Crippen LogP contribution >= 0.6 is 0 Å². The van der Waals surface area contributed by atoms with Crippen LogP contribution in [-0.2, 0) is 0 Å². The summed E-state index contributed by atoms with van der Waals surface area (Å²) in [4.78, 5) is 8.18. The maximum atomic E-state index is 5.48. The monoisotopic (exact) mass is 234 g/mol. The van der Waals surface area contributed by atoms with Crippen LogP contribution in [0.3, 0.4) is 0 Å². The average Bonchev–Trinajstić information content (AvgIpc) is 2.34. The Morgan fingerprint density at radius 1 is 1.24 bits per heavy atom. The lowest BCUT2D eigenvalue weighted by atomic mass is 9.81. The smallest absolute Gasteiger partial charge is 0.144 e. The highest BCUT2D eigenvalue weighted by Gasteiger charge is 2.17. The van der Waals surface area contributed by atoms with E-state index < -0.39 is 0 Å². The van der Waals surface area contributed by atoms with Crippen LogP contribution in [-0.4, -0.2) is 16.5 Å². The van der Waals surface area contributed by atoms with Crippen LogP contribution in [0.15, 0.2) is 12.4 Å². The molecule has 1 saturated carbocycles. The molecule has 94 valence electrons. The molecule has 0 spiro atoms. The van der Waals surface area contributed by atoms with Gasteiger partial charge in [0, 0.05) is 6.54 Å². The van der Waals surface area contributed by atoms with Gasteiger partial charge in [-0.05, 0) is 18.3 Å². The van der Waals surface area contributed by atoms with Gasteiger partial charge in [-0.15, -0.1) is 0 Å². The van der Waals surface area contributed by atoms with Gasteiger partial charge in [-0.2, -0.15) is 0 Å². The zero-order valence-electron chi connectivity index (χ0n) is 10.5. The van der Waals surface area contributed by atoms with E-state index in [4.69, 9.17) is 5.73 Å². The molecule has 0 bridgehead atoms. The Hall–Kier alpha value is -1.32. The second-order valence-electron chi connectivity index (χ2n) is 5.17. The first-order valence-corrected chi connectivity index (χ1v) is 6.55. The van der Waals surface area contributed by atoms with Crippen molar-refractivity contribution in [1.29, 1.82) is 0 Å². The number of nitrogens with zero attached hydrogens (tertiary/aromatic N) is 2. The summed E-state index contributed by atoms with van der Waals surface area (Å²) in [7, 11) is 0. The largest absolute Gasteiger partial charge is 0.382 e. The van der Waals surface area contributed by atoms with E-state index in [0.29, 0.717) is 5.82 Å². The summed E-state index contributed by atoms with van der Waals surface area (Å²) in [6, 6.07) is 0. The predicted molar refractivity (Wildman–Crippen MR) is 70.7 cm³/mol. The molecule has 0 atom stereocenters. The van der Waals surface area contributed by atoms with Crippen molar-refractivity contribution in [3.05, 3.63) is 12.4 Å². The van der Waals surface area contributed by atoms with Gasteiger partial charge in [0.25, 0.3) is 0 Å². The zero-order valence-corrected chi connectivity index (χ0v) is 10.5. The van der Waals surface area contributed by atoms with Crippen LogP contribution in [0.1, 0.15) is 39.0 Å². The second-order valence-corrected chi connectivity index (χ2v) is 5.17. The van der Waals surface area contributed by atoms with Crippen LogP contribution in [0, 0.1) is 11.8 Å². The molecule has 0 radical (unpaired) electrons. The summed E-state index contributed by atoms with van der Waals surface area (Å²) in [5.74, 6) is 3.11. The predicted octanol–water partition coefficient (Wildman–Crippen LogP) is 2.69. The topological polar surface area (TPSA) is 63.8 Å². The van der Waals surface area contributed by atoms with Crippen LogP contribution < -0.4 is 11.1 Å². The van der Waals surface area contributed by atoms with E-state index in [0.717, 1.165) is 24.2 Å². The van der Waals surface area contributed by atoms with E-state index in [1.165, 1.54) is 32.1 Å². The summed E-state index contributed by atoms with van der Waals surface area (Å²) in [6.45, 7) is 3.34. The van der Waals surface area contributed by atoms with Gasteiger partial charge in [-0.25, -0.2) is 9.97 Å². The number of hydrogen-bond donors (Lipinski definition) is 2. The normalized spacial score (nSPS) is 24.5. The van der Waals surface area contributed by atoms with E-state index in [9.17, 15) is 0 Å². The minimum Gasteiger partial charge on any atom is -0.382 e. The Labute approximate surface area is 103 Å². The lowest BCUT2D eigenvalue weighted by Gasteiger charge is -2.26. The third-order valence-corrected chi connectivity index (χ3v) is 3.67. The molecule has 4 heteroatoms. The Morgan fingerprint density at radius 2 is 2.00 bits per heavy atom. The molecule has 1 aromatic heterocycles. The number of hydrogen-bond acceptors (Lipinski definition) is 4. The first-order chi connectivity index (χ1) is 8.24. The van der Waals surface area contributed by atoms with Gasteiger partial charge in [0.15, 0.2) is 0 Å². The molecule has 0 amide bonds. The first kappa shape index (κ1) is 12.1. The number of aromatic nitrogens is 2. The highest BCUT2D eigenvalue weighted by molar-refractivity contribution is 5.35. The Bertz CT molecular complexity index is 328. The van der Waals surface area contributed by atoms with E-state index in [1.807, 2.05) is 0 Å². The standard InChI is InChI=1S/C13H22N4/c1-10-2-4-11(5-3-10)6-7-15-13-9-16-12(14)8-17-13/h8-11H,2-7H2,1H3,(H2,14,16)(H,15,17). The molecule has 1 aliphatic carbocycles. The summed E-state index contributed by atoms with van der Waals surface area (Å²) < 4.78 is 0. The molecule has 1 fully saturated rings. The minimum atomic E-state index is 0.469. The molecular weight excluding hydrogens is 212 g/mol. The number of nitrogen functional groups attached to an aromatic ring is 1. The van der Waals surface area contributed by atoms with Gasteiger partial charge in [0.1, 0.15) is 11.6 Å². The van der Waals surface area contributed by atoms with Gasteiger partial charge in [0.2, 0.25) is 0 Å². The third-order valence-electron chi connectivity index (χ3n) is 3.67. The number of anilines is 2. The van der Waals surface area contributed by atoms with Gasteiger partial charge >= 0.3 is 0 Å². The first-order valence-electron chi connectivity index (χ1n) is 6.55. The molecule has 0 unspecified atom stereocenters. The van der Waals surface area contributed by atoms with Crippen molar-refractivity contribution in [3.8, 4) is 0 Å². The molecule has 1 aromatic rings. The molecular formula is C13H22N4. The lowest BCUT2D eigenvalue weighted by Crippen LogP contribution is -2.16. The van der Waals surface area contributed by atoms with Crippen molar-refractivity contribution in [2.75, 3.05) is 17.6 Å². The summed E-state index contributed by atoms with van der Waals surface area (Å²) in [5.41, 5.74) is 5.48. The second kappa shape index (κ2) is 5.84. The zero-order chi connectivity index (χ0) is 12.1. The highest BCUT2D eigenvalue weighted by atomic mass is 15.0. The summed E-state index contributed by atoms with van der Waals surface area (Å²) >= 11 is 0. The van der Waals surface area contributed by atoms with Gasteiger partial charge in [-0.3, -0.25) is 0 Å². The molecule has 4 nitrogen and oxygen atoms in total. The van der Waals surface area contributed by atoms with E-state index in [2.05, 4.69) is 22.2 Å². The van der Waals surface area contributed by atoms with Crippen LogP contribution in [0.25, 0.3) is 0 Å². The fourth-order valence-electron chi connectivity index (χ4n) is 2.45. The Morgan fingerprint density at radius 3 is 2.65 bits per heavy atom. The van der Waals surface area contributed by atoms with Gasteiger partial charge < -0.3 is 11.1 Å². The third kappa shape index (κ3) is 3.88. The van der Waals surface area contributed by atoms with Crippen LogP contribution in [0.2, 0.25) is 0 Å². The van der Waals surface area contributed by atoms with E-state index >= 15 is 0 Å². The molecule has 17 heavy (non-hydrogen) atoms. The van der Waals surface area contributed by atoms with Crippen molar-refractivity contribution in [1.82, 2.24) is 9.97 Å². The molecule has 2 rings (SSSR count). The molecule has 3 N–H and O–H groups in total. The van der Waals surface area contributed by atoms with Crippen LogP contribution in [0.4, 0.5) is 11.6 Å².